The molecule has 1 aliphatic rings. The number of amides is 3. The molecule has 0 atom stereocenters. The number of rotatable bonds is 8. The summed E-state index contributed by atoms with van der Waals surface area (Å²) in [5.41, 5.74) is 5.01. The highest BCUT2D eigenvalue weighted by Gasteiger charge is 2.33. The molecule has 0 bridgehead atoms. The molecule has 2 heterocycles. The van der Waals surface area contributed by atoms with E-state index in [-0.39, 0.29) is 28.5 Å². The minimum absolute atomic E-state index is 0.123. The molecule has 1 aromatic heterocycles. The van der Waals surface area contributed by atoms with Crippen molar-refractivity contribution in [2.75, 3.05) is 17.8 Å². The fraction of sp³-hybridized carbons (Fsp3) is 0.242. The Morgan fingerprint density at radius 2 is 1.70 bits per heavy atom. The number of nitrogens with one attached hydrogen (secondary N) is 1. The van der Waals surface area contributed by atoms with E-state index in [0.29, 0.717) is 34.2 Å². The Kier molecular flexibility index (Phi) is 9.70. The van der Waals surface area contributed by atoms with E-state index < -0.39 is 12.4 Å². The zero-order chi connectivity index (χ0) is 33.9. The highest BCUT2D eigenvalue weighted by atomic mass is 32.2. The fourth-order valence-electron chi connectivity index (χ4n) is 4.79. The van der Waals surface area contributed by atoms with Gasteiger partial charge in [-0.2, -0.15) is 4.99 Å². The second kappa shape index (κ2) is 13.7. The normalized spacial score (nSPS) is 14.9. The maximum atomic E-state index is 13.0. The molecule has 3 aromatic carbocycles. The van der Waals surface area contributed by atoms with E-state index in [2.05, 4.69) is 25.1 Å². The Morgan fingerprint density at radius 1 is 1.02 bits per heavy atom. The highest BCUT2D eigenvalue weighted by Crippen LogP contribution is 2.36. The molecule has 1 fully saturated rings. The summed E-state index contributed by atoms with van der Waals surface area (Å²) in [5.74, 6) is 0.792. The number of alkyl halides is 3. The van der Waals surface area contributed by atoms with Crippen LogP contribution in [-0.2, 0) is 4.79 Å². The first-order valence-electron chi connectivity index (χ1n) is 14.4. The Hall–Kier alpha value is -5.11. The van der Waals surface area contributed by atoms with Crippen LogP contribution in [0.5, 0.6) is 11.5 Å². The minimum Gasteiger partial charge on any atom is -0.497 e. The summed E-state index contributed by atoms with van der Waals surface area (Å²) in [4.78, 5) is 36.0. The Labute approximate surface area is 273 Å². The number of carbonyl (C=O) groups is 2. The van der Waals surface area contributed by atoms with Gasteiger partial charge in [0.2, 0.25) is 5.91 Å². The Bertz CT molecular complexity index is 1850. The number of amidine groups is 1. The molecule has 14 heteroatoms. The van der Waals surface area contributed by atoms with E-state index in [4.69, 9.17) is 4.74 Å². The number of benzene rings is 3. The van der Waals surface area contributed by atoms with Crippen LogP contribution in [0.25, 0.3) is 22.6 Å². The summed E-state index contributed by atoms with van der Waals surface area (Å²) in [7, 11) is 1.55. The molecular weight excluding hydrogens is 633 g/mol. The van der Waals surface area contributed by atoms with Gasteiger partial charge in [0.05, 0.1) is 24.2 Å². The van der Waals surface area contributed by atoms with Gasteiger partial charge in [-0.3, -0.25) is 9.69 Å². The van der Waals surface area contributed by atoms with Crippen molar-refractivity contribution < 1.29 is 32.2 Å². The highest BCUT2D eigenvalue weighted by molar-refractivity contribution is 8.15. The third kappa shape index (κ3) is 7.83. The van der Waals surface area contributed by atoms with Crippen molar-refractivity contribution in [3.63, 3.8) is 0 Å². The molecule has 0 radical (unpaired) electrons. The molecule has 1 saturated heterocycles. The molecule has 4 aromatic rings. The number of thioether (sulfide) groups is 1. The van der Waals surface area contributed by atoms with E-state index in [9.17, 15) is 22.8 Å². The zero-order valence-corrected chi connectivity index (χ0v) is 26.9. The van der Waals surface area contributed by atoms with Crippen LogP contribution >= 0.6 is 11.8 Å². The topological polar surface area (TPSA) is 111 Å². The lowest BCUT2D eigenvalue weighted by molar-refractivity contribution is -0.274. The van der Waals surface area contributed by atoms with Crippen molar-refractivity contribution in [2.24, 2.45) is 4.99 Å². The lowest BCUT2D eigenvalue weighted by atomic mass is 10.00. The van der Waals surface area contributed by atoms with E-state index in [1.54, 1.807) is 20.1 Å². The van der Waals surface area contributed by atoms with Gasteiger partial charge in [-0.05, 0) is 66.8 Å². The molecule has 47 heavy (non-hydrogen) atoms. The van der Waals surface area contributed by atoms with Gasteiger partial charge in [0.25, 0.3) is 0 Å². The van der Waals surface area contributed by atoms with Crippen LogP contribution in [0.15, 0.2) is 83.7 Å². The first-order valence-corrected chi connectivity index (χ1v) is 15.4. The van der Waals surface area contributed by atoms with Gasteiger partial charge in [-0.15, -0.1) is 18.3 Å². The average Bonchev–Trinajstić information content (AvgIpc) is 3.67. The number of nitrogens with zero attached hydrogens (tertiary/aromatic N) is 5. The predicted molar refractivity (Wildman–Crippen MR) is 175 cm³/mol. The van der Waals surface area contributed by atoms with Crippen LogP contribution in [0.4, 0.5) is 23.7 Å². The van der Waals surface area contributed by atoms with E-state index in [0.717, 1.165) is 16.7 Å². The number of allylic oxidation sites excluding steroid dienone is 2. The number of ether oxygens (including phenoxy) is 2. The van der Waals surface area contributed by atoms with Crippen molar-refractivity contribution in [3.05, 3.63) is 89.9 Å². The summed E-state index contributed by atoms with van der Waals surface area (Å²) in [6, 6.07) is 17.6. The Morgan fingerprint density at radius 3 is 2.34 bits per heavy atom. The molecule has 0 spiro atoms. The summed E-state index contributed by atoms with van der Waals surface area (Å²) in [6.45, 7) is 7.68. The maximum absolute atomic E-state index is 13.0. The molecule has 0 aliphatic carbocycles. The lowest BCUT2D eigenvalue weighted by Gasteiger charge is -2.22. The van der Waals surface area contributed by atoms with Gasteiger partial charge in [0.1, 0.15) is 17.8 Å². The predicted octanol–water partition coefficient (Wildman–Crippen LogP) is 7.56. The summed E-state index contributed by atoms with van der Waals surface area (Å²) >= 11 is 1.20. The molecule has 10 nitrogen and oxygen atoms in total. The number of halogens is 3. The van der Waals surface area contributed by atoms with Crippen LogP contribution in [0, 0.1) is 0 Å². The van der Waals surface area contributed by atoms with E-state index in [1.807, 2.05) is 57.2 Å². The van der Waals surface area contributed by atoms with Crippen molar-refractivity contribution >= 4 is 40.1 Å². The fourth-order valence-corrected chi connectivity index (χ4v) is 5.65. The van der Waals surface area contributed by atoms with Crippen LogP contribution < -0.4 is 19.7 Å². The number of aliphatic imine (C=N–C) groups is 1. The van der Waals surface area contributed by atoms with Crippen molar-refractivity contribution in [1.29, 1.82) is 0 Å². The second-order valence-electron chi connectivity index (χ2n) is 10.8. The van der Waals surface area contributed by atoms with Gasteiger partial charge in [-0.1, -0.05) is 55.9 Å². The summed E-state index contributed by atoms with van der Waals surface area (Å²) in [6.07, 6.45) is -3.31. The smallest absolute Gasteiger partial charge is 0.497 e. The van der Waals surface area contributed by atoms with Crippen LogP contribution in [0.3, 0.4) is 0 Å². The van der Waals surface area contributed by atoms with E-state index in [1.165, 1.54) is 51.9 Å². The number of carbonyl (C=O) groups excluding carboxylic acids is 2. The maximum Gasteiger partial charge on any atom is 0.573 e. The summed E-state index contributed by atoms with van der Waals surface area (Å²) < 4.78 is 48.1. The molecule has 5 rings (SSSR count). The molecular formula is C33H31F3N6O4S. The SMILES string of the molecule is COc1ccc(C(C)C)c(N2C(=O)CSC2=NC(=O)N/C(C)=C(\C)c2ccc(-c3ncn(-c4ccc(OC(F)(F)F)cc4)n3)cc2)c1. The van der Waals surface area contributed by atoms with Crippen LogP contribution in [0.2, 0.25) is 0 Å². The first kappa shape index (κ1) is 33.3. The van der Waals surface area contributed by atoms with Gasteiger partial charge < -0.3 is 14.8 Å². The van der Waals surface area contributed by atoms with Crippen LogP contribution in [0.1, 0.15) is 44.7 Å². The number of methoxy groups -OCH3 is 1. The first-order chi connectivity index (χ1) is 22.3. The Balaban J connectivity index is 1.29. The summed E-state index contributed by atoms with van der Waals surface area (Å²) in [5, 5.41) is 7.53. The van der Waals surface area contributed by atoms with Gasteiger partial charge in [0.15, 0.2) is 11.0 Å². The monoisotopic (exact) mass is 664 g/mol. The van der Waals surface area contributed by atoms with Crippen molar-refractivity contribution in [1.82, 2.24) is 20.1 Å². The number of hydrogen-bond donors (Lipinski definition) is 1. The quantitative estimate of drug-likeness (QED) is 0.207. The third-order valence-electron chi connectivity index (χ3n) is 7.32. The third-order valence-corrected chi connectivity index (χ3v) is 8.25. The van der Waals surface area contributed by atoms with Crippen molar-refractivity contribution in [3.8, 4) is 28.6 Å². The van der Waals surface area contributed by atoms with Gasteiger partial charge in [0, 0.05) is 17.3 Å². The molecule has 1 N–H and O–H groups in total. The number of anilines is 1. The minimum atomic E-state index is -4.77. The molecule has 244 valence electrons. The van der Waals surface area contributed by atoms with Crippen LogP contribution in [-0.4, -0.2) is 51.1 Å². The number of aromatic nitrogens is 3. The van der Waals surface area contributed by atoms with Crippen molar-refractivity contribution in [2.45, 2.75) is 40.0 Å². The average molecular weight is 665 g/mol. The number of hydrogen-bond acceptors (Lipinski definition) is 7. The van der Waals surface area contributed by atoms with E-state index >= 15 is 0 Å². The van der Waals surface area contributed by atoms with Gasteiger partial charge >= 0.3 is 12.4 Å². The van der Waals surface area contributed by atoms with Gasteiger partial charge in [-0.25, -0.2) is 14.5 Å². The number of urea groups is 1. The molecule has 3 amide bonds. The zero-order valence-electron chi connectivity index (χ0n) is 26.1. The molecule has 0 saturated carbocycles. The molecule has 0 unspecified atom stereocenters. The lowest BCUT2D eigenvalue weighted by Crippen LogP contribution is -2.32. The largest absolute Gasteiger partial charge is 0.573 e. The second-order valence-corrected chi connectivity index (χ2v) is 11.7. The molecule has 1 aliphatic heterocycles. The standard InChI is InChI=1S/C33H31F3N6O4S/c1-19(2)27-15-14-26(45-5)16-28(27)42-29(43)17-47-32(42)39-31(44)38-21(4)20(3)22-6-8-23(9-7-22)30-37-18-41(40-30)24-10-12-25(13-11-24)46-33(34,35)36/h6-16,18-19H,17H2,1-5H3,(H,38,44)/b21-20+,39-32?.